The lowest BCUT2D eigenvalue weighted by Gasteiger charge is -2.04. The van der Waals surface area contributed by atoms with E-state index in [-0.39, 0.29) is 6.09 Å². The van der Waals surface area contributed by atoms with E-state index in [0.717, 1.165) is 19.4 Å². The monoisotopic (exact) mass is 227 g/mol. The summed E-state index contributed by atoms with van der Waals surface area (Å²) in [4.78, 5) is 10.9. The Morgan fingerprint density at radius 3 is 2.44 bits per heavy atom. The van der Waals surface area contributed by atoms with Crippen LogP contribution in [-0.2, 0) is 4.74 Å². The summed E-state index contributed by atoms with van der Waals surface area (Å²) < 4.78 is 4.75. The molecule has 16 heavy (non-hydrogen) atoms. The normalized spacial score (nSPS) is 9.81. The number of amides is 1. The lowest BCUT2D eigenvalue weighted by atomic mass is 10.1. The summed E-state index contributed by atoms with van der Waals surface area (Å²) in [5.41, 5.74) is 0. The minimum atomic E-state index is -0.298. The van der Waals surface area contributed by atoms with Crippen LogP contribution >= 0.6 is 0 Å². The van der Waals surface area contributed by atoms with Crippen molar-refractivity contribution >= 4 is 6.09 Å². The molecule has 1 amide bonds. The Morgan fingerprint density at radius 2 is 1.81 bits per heavy atom. The molecule has 0 spiro atoms. The molecule has 0 aromatic heterocycles. The highest BCUT2D eigenvalue weighted by Gasteiger charge is 1.97. The zero-order valence-electron chi connectivity index (χ0n) is 10.5. The smallest absolute Gasteiger partial charge is 0.407 e. The maximum atomic E-state index is 10.9. The van der Waals surface area contributed by atoms with Gasteiger partial charge in [0, 0.05) is 6.54 Å². The second-order valence-electron chi connectivity index (χ2n) is 3.85. The summed E-state index contributed by atoms with van der Waals surface area (Å²) in [5.74, 6) is 0. The van der Waals surface area contributed by atoms with E-state index in [2.05, 4.69) is 11.9 Å². The third kappa shape index (κ3) is 11.1. The Balaban J connectivity index is 3.03. The van der Waals surface area contributed by atoms with Crippen LogP contribution in [0.5, 0.6) is 0 Å². The van der Waals surface area contributed by atoms with Crippen molar-refractivity contribution in [3.8, 4) is 0 Å². The molecule has 94 valence electrons. The van der Waals surface area contributed by atoms with Gasteiger partial charge in [0.2, 0.25) is 0 Å². The maximum absolute atomic E-state index is 10.9. The second-order valence-corrected chi connectivity index (χ2v) is 3.85. The Bertz CT molecular complexity index is 181. The highest BCUT2D eigenvalue weighted by molar-refractivity contribution is 5.66. The molecule has 0 rings (SSSR count). The number of allylic oxidation sites excluding steroid dienone is 1. The number of unbranched alkanes of at least 4 members (excludes halogenated alkanes) is 6. The van der Waals surface area contributed by atoms with Crippen LogP contribution in [0.1, 0.15) is 51.9 Å². The molecule has 0 saturated carbocycles. The van der Waals surface area contributed by atoms with Gasteiger partial charge in [0.15, 0.2) is 0 Å². The van der Waals surface area contributed by atoms with Gasteiger partial charge in [-0.25, -0.2) is 4.79 Å². The Labute approximate surface area is 99.3 Å². The second kappa shape index (κ2) is 12.1. The molecule has 0 aliphatic rings. The van der Waals surface area contributed by atoms with Crippen molar-refractivity contribution < 1.29 is 9.53 Å². The van der Waals surface area contributed by atoms with Crippen LogP contribution < -0.4 is 5.32 Å². The standard InChI is InChI=1S/C13H25NO2/c1-3-5-6-7-8-9-10-11-12-14-13(15)16-4-2/h3H,1,4-12H2,2H3,(H,14,15). The number of hydrogen-bond acceptors (Lipinski definition) is 2. The summed E-state index contributed by atoms with van der Waals surface area (Å²) in [5, 5.41) is 2.72. The summed E-state index contributed by atoms with van der Waals surface area (Å²) in [6.45, 7) is 6.67. The van der Waals surface area contributed by atoms with Crippen molar-refractivity contribution in [3.63, 3.8) is 0 Å². The zero-order chi connectivity index (χ0) is 12.1. The number of carbonyl (C=O) groups is 1. The number of nitrogens with one attached hydrogen (secondary N) is 1. The lowest BCUT2D eigenvalue weighted by Crippen LogP contribution is -2.25. The van der Waals surface area contributed by atoms with Crippen molar-refractivity contribution in [2.45, 2.75) is 51.9 Å². The molecule has 0 heterocycles. The van der Waals surface area contributed by atoms with E-state index in [1.165, 1.54) is 32.1 Å². The zero-order valence-corrected chi connectivity index (χ0v) is 10.5. The number of alkyl carbamates (subject to hydrolysis) is 1. The number of hydrogen-bond donors (Lipinski definition) is 1. The Kier molecular flexibility index (Phi) is 11.3. The minimum absolute atomic E-state index is 0.298. The molecule has 0 atom stereocenters. The molecule has 1 N–H and O–H groups in total. The quantitative estimate of drug-likeness (QED) is 0.457. The summed E-state index contributed by atoms with van der Waals surface area (Å²) in [6, 6.07) is 0. The van der Waals surface area contributed by atoms with E-state index in [9.17, 15) is 4.79 Å². The maximum Gasteiger partial charge on any atom is 0.407 e. The van der Waals surface area contributed by atoms with Crippen LogP contribution in [0.3, 0.4) is 0 Å². The Morgan fingerprint density at radius 1 is 1.19 bits per heavy atom. The molecule has 0 aliphatic carbocycles. The first kappa shape index (κ1) is 15.0. The summed E-state index contributed by atoms with van der Waals surface area (Å²) in [6.07, 6.45) is 10.1. The van der Waals surface area contributed by atoms with Crippen molar-refractivity contribution in [2.24, 2.45) is 0 Å². The van der Waals surface area contributed by atoms with E-state index in [4.69, 9.17) is 4.74 Å². The Hall–Kier alpha value is -0.990. The fraction of sp³-hybridized carbons (Fsp3) is 0.769. The predicted molar refractivity (Wildman–Crippen MR) is 67.5 cm³/mol. The molecule has 0 unspecified atom stereocenters. The van der Waals surface area contributed by atoms with E-state index in [0.29, 0.717) is 6.61 Å². The van der Waals surface area contributed by atoms with E-state index >= 15 is 0 Å². The van der Waals surface area contributed by atoms with Gasteiger partial charge in [-0.3, -0.25) is 0 Å². The summed E-state index contributed by atoms with van der Waals surface area (Å²) in [7, 11) is 0. The van der Waals surface area contributed by atoms with Gasteiger partial charge in [0.1, 0.15) is 0 Å². The third-order valence-corrected chi connectivity index (χ3v) is 2.38. The topological polar surface area (TPSA) is 38.3 Å². The van der Waals surface area contributed by atoms with E-state index in [1.54, 1.807) is 0 Å². The molecule has 0 aromatic rings. The molecule has 3 heteroatoms. The highest BCUT2D eigenvalue weighted by atomic mass is 16.5. The first-order valence-corrected chi connectivity index (χ1v) is 6.32. The molecule has 3 nitrogen and oxygen atoms in total. The molecule has 0 aliphatic heterocycles. The van der Waals surface area contributed by atoms with E-state index < -0.39 is 0 Å². The first-order valence-electron chi connectivity index (χ1n) is 6.32. The molecule has 0 bridgehead atoms. The van der Waals surface area contributed by atoms with Crippen LogP contribution in [0.25, 0.3) is 0 Å². The average Bonchev–Trinajstić information content (AvgIpc) is 2.27. The molecule has 0 radical (unpaired) electrons. The molecular formula is C13H25NO2. The molecule has 0 fully saturated rings. The highest BCUT2D eigenvalue weighted by Crippen LogP contribution is 2.06. The van der Waals surface area contributed by atoms with Crippen LogP contribution in [-0.4, -0.2) is 19.2 Å². The van der Waals surface area contributed by atoms with Crippen molar-refractivity contribution in [1.29, 1.82) is 0 Å². The van der Waals surface area contributed by atoms with Crippen LogP contribution in [0.2, 0.25) is 0 Å². The van der Waals surface area contributed by atoms with Crippen LogP contribution in [0.15, 0.2) is 12.7 Å². The van der Waals surface area contributed by atoms with Gasteiger partial charge in [0.05, 0.1) is 6.61 Å². The lowest BCUT2D eigenvalue weighted by molar-refractivity contribution is 0.152. The van der Waals surface area contributed by atoms with Crippen molar-refractivity contribution in [1.82, 2.24) is 5.32 Å². The average molecular weight is 227 g/mol. The molecular weight excluding hydrogens is 202 g/mol. The SMILES string of the molecule is C=CCCCCCCCCNC(=O)OCC. The van der Waals surface area contributed by atoms with Crippen LogP contribution in [0.4, 0.5) is 4.79 Å². The van der Waals surface area contributed by atoms with Gasteiger partial charge in [-0.1, -0.05) is 31.8 Å². The van der Waals surface area contributed by atoms with Gasteiger partial charge in [-0.05, 0) is 26.2 Å². The van der Waals surface area contributed by atoms with E-state index in [1.807, 2.05) is 13.0 Å². The number of rotatable bonds is 10. The van der Waals surface area contributed by atoms with Crippen LogP contribution in [0, 0.1) is 0 Å². The fourth-order valence-electron chi connectivity index (χ4n) is 1.49. The molecule has 0 saturated heterocycles. The van der Waals surface area contributed by atoms with Crippen molar-refractivity contribution in [3.05, 3.63) is 12.7 Å². The van der Waals surface area contributed by atoms with Gasteiger partial charge in [-0.15, -0.1) is 6.58 Å². The third-order valence-electron chi connectivity index (χ3n) is 2.38. The largest absolute Gasteiger partial charge is 0.450 e. The summed E-state index contributed by atoms with van der Waals surface area (Å²) >= 11 is 0. The fourth-order valence-corrected chi connectivity index (χ4v) is 1.49. The minimum Gasteiger partial charge on any atom is -0.450 e. The van der Waals surface area contributed by atoms with Gasteiger partial charge in [-0.2, -0.15) is 0 Å². The number of ether oxygens (including phenoxy) is 1. The van der Waals surface area contributed by atoms with Gasteiger partial charge in [0.25, 0.3) is 0 Å². The van der Waals surface area contributed by atoms with Crippen molar-refractivity contribution in [2.75, 3.05) is 13.2 Å². The first-order chi connectivity index (χ1) is 7.81. The molecule has 0 aromatic carbocycles. The number of carbonyl (C=O) groups excluding carboxylic acids is 1. The predicted octanol–water partition coefficient (Wildman–Crippen LogP) is 3.65. The van der Waals surface area contributed by atoms with Gasteiger partial charge < -0.3 is 10.1 Å². The van der Waals surface area contributed by atoms with Gasteiger partial charge >= 0.3 is 6.09 Å².